The van der Waals surface area contributed by atoms with Crippen LogP contribution in [0.2, 0.25) is 5.02 Å². The molecule has 3 rings (SSSR count). The Morgan fingerprint density at radius 2 is 2.00 bits per heavy atom. The molecule has 0 radical (unpaired) electrons. The van der Waals surface area contributed by atoms with Gasteiger partial charge in [-0.2, -0.15) is 5.10 Å². The summed E-state index contributed by atoms with van der Waals surface area (Å²) in [6, 6.07) is 18.9. The van der Waals surface area contributed by atoms with Crippen molar-refractivity contribution < 1.29 is 9.53 Å². The molecule has 0 unspecified atom stereocenters. The fraction of sp³-hybridized carbons (Fsp3) is 0.0526. The third kappa shape index (κ3) is 4.59. The lowest BCUT2D eigenvalue weighted by Gasteiger charge is -2.09. The Labute approximate surface area is 158 Å². The zero-order valence-electron chi connectivity index (χ0n) is 13.1. The molecule has 0 saturated heterocycles. The van der Waals surface area contributed by atoms with Gasteiger partial charge >= 0.3 is 0 Å². The van der Waals surface area contributed by atoms with Crippen LogP contribution in [0.5, 0.6) is 5.75 Å². The first-order valence-electron chi connectivity index (χ1n) is 7.51. The highest BCUT2D eigenvalue weighted by Crippen LogP contribution is 2.32. The van der Waals surface area contributed by atoms with Gasteiger partial charge in [0.15, 0.2) is 6.61 Å². The predicted octanol–water partition coefficient (Wildman–Crippen LogP) is 4.78. The van der Waals surface area contributed by atoms with E-state index in [0.29, 0.717) is 10.8 Å². The highest BCUT2D eigenvalue weighted by molar-refractivity contribution is 9.10. The summed E-state index contributed by atoms with van der Waals surface area (Å²) in [4.78, 5) is 11.9. The summed E-state index contributed by atoms with van der Waals surface area (Å²) in [5.74, 6) is 0.256. The Bertz CT molecular complexity index is 944. The molecule has 4 nitrogen and oxygen atoms in total. The quantitative estimate of drug-likeness (QED) is 0.479. The Kier molecular flexibility index (Phi) is 5.68. The number of hydrazone groups is 1. The first kappa shape index (κ1) is 17.5. The van der Waals surface area contributed by atoms with Gasteiger partial charge in [0, 0.05) is 5.02 Å². The third-order valence-corrected chi connectivity index (χ3v) is 4.49. The average Bonchev–Trinajstić information content (AvgIpc) is 2.61. The fourth-order valence-electron chi connectivity index (χ4n) is 2.27. The topological polar surface area (TPSA) is 50.7 Å². The van der Waals surface area contributed by atoms with E-state index in [1.807, 2.05) is 48.5 Å². The Morgan fingerprint density at radius 3 is 2.84 bits per heavy atom. The molecule has 0 bridgehead atoms. The van der Waals surface area contributed by atoms with Crippen molar-refractivity contribution in [2.75, 3.05) is 6.61 Å². The highest BCUT2D eigenvalue weighted by Gasteiger charge is 2.08. The van der Waals surface area contributed by atoms with Crippen LogP contribution in [-0.2, 0) is 4.79 Å². The zero-order valence-corrected chi connectivity index (χ0v) is 15.4. The maximum absolute atomic E-state index is 11.9. The van der Waals surface area contributed by atoms with Crippen LogP contribution in [0, 0.1) is 0 Å². The number of nitrogens with zero attached hydrogens (tertiary/aromatic N) is 1. The van der Waals surface area contributed by atoms with Crippen LogP contribution in [-0.4, -0.2) is 18.7 Å². The molecule has 0 spiro atoms. The number of rotatable bonds is 5. The standard InChI is InChI=1S/C19H14BrClN2O2/c20-19-16-7-2-1-5-14(16)8-9-17(19)25-12-18(24)23-22-11-13-4-3-6-15(21)10-13/h1-11H,12H2,(H,23,24)/b22-11-. The number of carbonyl (C=O) groups excluding carboxylic acids is 1. The van der Waals surface area contributed by atoms with Crippen molar-refractivity contribution >= 4 is 50.4 Å². The van der Waals surface area contributed by atoms with Gasteiger partial charge in [0.2, 0.25) is 0 Å². The van der Waals surface area contributed by atoms with E-state index in [4.69, 9.17) is 16.3 Å². The second-order valence-electron chi connectivity index (χ2n) is 5.24. The van der Waals surface area contributed by atoms with Crippen molar-refractivity contribution in [1.82, 2.24) is 5.43 Å². The molecule has 1 amide bonds. The third-order valence-electron chi connectivity index (χ3n) is 3.44. The number of carbonyl (C=O) groups is 1. The summed E-state index contributed by atoms with van der Waals surface area (Å²) < 4.78 is 6.39. The molecule has 0 aromatic heterocycles. The molecule has 0 saturated carbocycles. The second-order valence-corrected chi connectivity index (χ2v) is 6.47. The van der Waals surface area contributed by atoms with Crippen molar-refractivity contribution in [3.63, 3.8) is 0 Å². The molecule has 6 heteroatoms. The van der Waals surface area contributed by atoms with Gasteiger partial charge in [-0.15, -0.1) is 0 Å². The molecule has 3 aromatic rings. The largest absolute Gasteiger partial charge is 0.483 e. The van der Waals surface area contributed by atoms with Gasteiger partial charge in [-0.25, -0.2) is 5.43 Å². The fourth-order valence-corrected chi connectivity index (χ4v) is 3.07. The summed E-state index contributed by atoms with van der Waals surface area (Å²) in [6.45, 7) is -0.135. The number of fused-ring (bicyclic) bond motifs is 1. The molecule has 0 heterocycles. The smallest absolute Gasteiger partial charge is 0.277 e. The summed E-state index contributed by atoms with van der Waals surface area (Å²) in [5, 5.41) is 6.63. The Morgan fingerprint density at radius 1 is 1.16 bits per heavy atom. The monoisotopic (exact) mass is 416 g/mol. The first-order chi connectivity index (χ1) is 12.1. The molecule has 25 heavy (non-hydrogen) atoms. The van der Waals surface area contributed by atoms with E-state index in [1.54, 1.807) is 12.1 Å². The van der Waals surface area contributed by atoms with E-state index in [2.05, 4.69) is 26.5 Å². The van der Waals surface area contributed by atoms with E-state index >= 15 is 0 Å². The normalized spacial score (nSPS) is 11.0. The van der Waals surface area contributed by atoms with Crippen LogP contribution in [0.3, 0.4) is 0 Å². The van der Waals surface area contributed by atoms with E-state index in [9.17, 15) is 4.79 Å². The van der Waals surface area contributed by atoms with Crippen LogP contribution < -0.4 is 10.2 Å². The van der Waals surface area contributed by atoms with Gasteiger partial charge in [0.25, 0.3) is 5.91 Å². The lowest BCUT2D eigenvalue weighted by Crippen LogP contribution is -2.24. The van der Waals surface area contributed by atoms with Crippen LogP contribution in [0.1, 0.15) is 5.56 Å². The molecular weight excluding hydrogens is 404 g/mol. The first-order valence-corrected chi connectivity index (χ1v) is 8.68. The number of hydrogen-bond acceptors (Lipinski definition) is 3. The summed E-state index contributed by atoms with van der Waals surface area (Å²) in [6.07, 6.45) is 1.52. The van der Waals surface area contributed by atoms with Gasteiger partial charge in [-0.3, -0.25) is 4.79 Å². The van der Waals surface area contributed by atoms with Crippen molar-refractivity contribution in [2.45, 2.75) is 0 Å². The number of hydrogen-bond donors (Lipinski definition) is 1. The average molecular weight is 418 g/mol. The Hall–Kier alpha value is -2.37. The van der Waals surface area contributed by atoms with Crippen LogP contribution in [0.4, 0.5) is 0 Å². The van der Waals surface area contributed by atoms with Crippen molar-refractivity contribution in [3.8, 4) is 5.75 Å². The molecular formula is C19H14BrClN2O2. The maximum atomic E-state index is 11.9. The van der Waals surface area contributed by atoms with Gasteiger partial charge in [-0.05, 0) is 50.5 Å². The predicted molar refractivity (Wildman–Crippen MR) is 104 cm³/mol. The molecule has 126 valence electrons. The number of halogens is 2. The van der Waals surface area contributed by atoms with E-state index in [1.165, 1.54) is 6.21 Å². The van der Waals surface area contributed by atoms with E-state index in [0.717, 1.165) is 20.8 Å². The molecule has 0 atom stereocenters. The summed E-state index contributed by atoms with van der Waals surface area (Å²) in [7, 11) is 0. The van der Waals surface area contributed by atoms with Crippen LogP contribution >= 0.6 is 27.5 Å². The molecule has 3 aromatic carbocycles. The van der Waals surface area contributed by atoms with Crippen molar-refractivity contribution in [2.24, 2.45) is 5.10 Å². The highest BCUT2D eigenvalue weighted by atomic mass is 79.9. The number of nitrogens with one attached hydrogen (secondary N) is 1. The minimum Gasteiger partial charge on any atom is -0.483 e. The van der Waals surface area contributed by atoms with Gasteiger partial charge in [-0.1, -0.05) is 54.1 Å². The van der Waals surface area contributed by atoms with Gasteiger partial charge in [0.1, 0.15) is 5.75 Å². The minimum absolute atomic E-state index is 0.135. The van der Waals surface area contributed by atoms with Crippen LogP contribution in [0.25, 0.3) is 10.8 Å². The Balaban J connectivity index is 1.58. The van der Waals surface area contributed by atoms with Crippen molar-refractivity contribution in [3.05, 3.63) is 75.7 Å². The second kappa shape index (κ2) is 8.14. The van der Waals surface area contributed by atoms with E-state index < -0.39 is 0 Å². The molecule has 0 aliphatic carbocycles. The zero-order chi connectivity index (χ0) is 17.6. The summed E-state index contributed by atoms with van der Waals surface area (Å²) in [5.41, 5.74) is 3.22. The SMILES string of the molecule is O=C(COc1ccc2ccccc2c1Br)N/N=C\c1cccc(Cl)c1. The molecule has 0 aliphatic heterocycles. The lowest BCUT2D eigenvalue weighted by atomic mass is 10.1. The van der Waals surface area contributed by atoms with Gasteiger partial charge < -0.3 is 4.74 Å². The number of ether oxygens (including phenoxy) is 1. The molecule has 0 fully saturated rings. The van der Waals surface area contributed by atoms with Crippen molar-refractivity contribution in [1.29, 1.82) is 0 Å². The molecule has 0 aliphatic rings. The summed E-state index contributed by atoms with van der Waals surface area (Å²) >= 11 is 9.41. The number of benzene rings is 3. The molecule has 1 N–H and O–H groups in total. The lowest BCUT2D eigenvalue weighted by molar-refractivity contribution is -0.123. The van der Waals surface area contributed by atoms with Gasteiger partial charge in [0.05, 0.1) is 10.7 Å². The van der Waals surface area contributed by atoms with E-state index in [-0.39, 0.29) is 12.5 Å². The number of amides is 1. The van der Waals surface area contributed by atoms with Crippen LogP contribution in [0.15, 0.2) is 70.2 Å². The minimum atomic E-state index is -0.349. The maximum Gasteiger partial charge on any atom is 0.277 e.